The van der Waals surface area contributed by atoms with Crippen LogP contribution in [0.2, 0.25) is 0 Å². The highest BCUT2D eigenvalue weighted by atomic mass is 16.5. The largest absolute Gasteiger partial charge is 0.494 e. The van der Waals surface area contributed by atoms with E-state index in [1.165, 1.54) is 11.1 Å². The van der Waals surface area contributed by atoms with Crippen molar-refractivity contribution in [2.24, 2.45) is 0 Å². The molecule has 5 nitrogen and oxygen atoms in total. The number of hydrogen-bond donors (Lipinski definition) is 1. The van der Waals surface area contributed by atoms with E-state index in [-0.39, 0.29) is 12.1 Å². The van der Waals surface area contributed by atoms with Crippen LogP contribution in [0, 0.1) is 0 Å². The fourth-order valence-electron chi connectivity index (χ4n) is 4.74. The molecule has 0 spiro atoms. The molecule has 0 fully saturated rings. The third-order valence-corrected chi connectivity index (χ3v) is 6.41. The van der Waals surface area contributed by atoms with E-state index in [9.17, 15) is 4.79 Å². The first kappa shape index (κ1) is 23.0. The van der Waals surface area contributed by atoms with Gasteiger partial charge in [-0.15, -0.1) is 0 Å². The highest BCUT2D eigenvalue weighted by Crippen LogP contribution is 2.36. The maximum atomic E-state index is 13.8. The third-order valence-electron chi connectivity index (χ3n) is 6.41. The van der Waals surface area contributed by atoms with Crippen molar-refractivity contribution in [2.75, 3.05) is 18.5 Å². The molecule has 1 aliphatic heterocycles. The van der Waals surface area contributed by atoms with E-state index in [0.29, 0.717) is 25.0 Å². The number of amides is 2. The fourth-order valence-corrected chi connectivity index (χ4v) is 4.74. The topological polar surface area (TPSA) is 46.5 Å². The third kappa shape index (κ3) is 4.63. The van der Waals surface area contributed by atoms with Crippen molar-refractivity contribution in [3.05, 3.63) is 83.2 Å². The highest BCUT2D eigenvalue weighted by Gasteiger charge is 2.33. The maximum absolute atomic E-state index is 13.8. The second kappa shape index (κ2) is 9.74. The first-order valence-corrected chi connectivity index (χ1v) is 12.0. The second-order valence-corrected chi connectivity index (χ2v) is 9.28. The molecule has 1 unspecified atom stereocenters. The quantitative estimate of drug-likeness (QED) is 0.455. The SMILES string of the molecule is CCOc1ccc(C2c3cccn3CCN2C(=O)Nc2c(C(C)C)cccc2C(C)C)cc1. The van der Waals surface area contributed by atoms with Gasteiger partial charge in [0.05, 0.1) is 12.6 Å². The summed E-state index contributed by atoms with van der Waals surface area (Å²) in [4.78, 5) is 15.7. The summed E-state index contributed by atoms with van der Waals surface area (Å²) in [6.45, 7) is 12.7. The Balaban J connectivity index is 1.70. The Hall–Kier alpha value is -3.21. The number of para-hydroxylation sites is 1. The average molecular weight is 446 g/mol. The molecule has 2 amide bonds. The van der Waals surface area contributed by atoms with Gasteiger partial charge in [-0.05, 0) is 59.7 Å². The first-order valence-electron chi connectivity index (χ1n) is 12.0. The molecule has 0 bridgehead atoms. The van der Waals surface area contributed by atoms with Gasteiger partial charge in [-0.1, -0.05) is 58.0 Å². The molecule has 4 rings (SSSR count). The number of fused-ring (bicyclic) bond motifs is 1. The van der Waals surface area contributed by atoms with Crippen LogP contribution >= 0.6 is 0 Å². The van der Waals surface area contributed by atoms with Crippen molar-refractivity contribution in [1.29, 1.82) is 0 Å². The van der Waals surface area contributed by atoms with Gasteiger partial charge < -0.3 is 19.5 Å². The summed E-state index contributed by atoms with van der Waals surface area (Å²) in [6, 6.07) is 18.4. The van der Waals surface area contributed by atoms with E-state index in [4.69, 9.17) is 4.74 Å². The van der Waals surface area contributed by atoms with E-state index < -0.39 is 0 Å². The van der Waals surface area contributed by atoms with Crippen LogP contribution in [0.25, 0.3) is 0 Å². The minimum Gasteiger partial charge on any atom is -0.494 e. The van der Waals surface area contributed by atoms with E-state index in [1.807, 2.05) is 24.0 Å². The Morgan fingerprint density at radius 3 is 2.24 bits per heavy atom. The molecule has 1 aliphatic rings. The van der Waals surface area contributed by atoms with Crippen LogP contribution in [0.1, 0.15) is 74.9 Å². The normalized spacial score (nSPS) is 15.6. The molecule has 2 aromatic carbocycles. The number of ether oxygens (including phenoxy) is 1. The van der Waals surface area contributed by atoms with Crippen molar-refractivity contribution in [3.63, 3.8) is 0 Å². The van der Waals surface area contributed by atoms with Crippen LogP contribution in [-0.4, -0.2) is 28.6 Å². The lowest BCUT2D eigenvalue weighted by Crippen LogP contribution is -2.44. The van der Waals surface area contributed by atoms with Crippen molar-refractivity contribution >= 4 is 11.7 Å². The summed E-state index contributed by atoms with van der Waals surface area (Å²) in [5.74, 6) is 1.48. The Kier molecular flexibility index (Phi) is 6.77. The summed E-state index contributed by atoms with van der Waals surface area (Å²) < 4.78 is 7.87. The molecule has 1 aromatic heterocycles. The molecule has 2 heterocycles. The zero-order valence-electron chi connectivity index (χ0n) is 20.3. The molecule has 174 valence electrons. The highest BCUT2D eigenvalue weighted by molar-refractivity contribution is 5.92. The van der Waals surface area contributed by atoms with Gasteiger partial charge in [0.1, 0.15) is 5.75 Å². The average Bonchev–Trinajstić information content (AvgIpc) is 3.28. The number of nitrogens with zero attached hydrogens (tertiary/aromatic N) is 2. The summed E-state index contributed by atoms with van der Waals surface area (Å²) >= 11 is 0. The van der Waals surface area contributed by atoms with E-state index >= 15 is 0 Å². The lowest BCUT2D eigenvalue weighted by Gasteiger charge is -2.37. The van der Waals surface area contributed by atoms with Crippen LogP contribution in [0.5, 0.6) is 5.75 Å². The molecule has 0 saturated heterocycles. The Bertz CT molecular complexity index is 1070. The molecule has 0 aliphatic carbocycles. The van der Waals surface area contributed by atoms with Crippen LogP contribution in [-0.2, 0) is 6.54 Å². The molecular weight excluding hydrogens is 410 g/mol. The number of carbonyl (C=O) groups is 1. The lowest BCUT2D eigenvalue weighted by atomic mass is 9.92. The standard InChI is InChI=1S/C28H35N3O2/c1-6-33-22-14-12-21(13-15-22)27-25-11-8-16-30(25)17-18-31(27)28(32)29-26-23(19(2)3)9-7-10-24(26)20(4)5/h7-16,19-20,27H,6,17-18H2,1-5H3,(H,29,32). The second-order valence-electron chi connectivity index (χ2n) is 9.28. The summed E-state index contributed by atoms with van der Waals surface area (Å²) in [7, 11) is 0. The minimum atomic E-state index is -0.155. The number of benzene rings is 2. The number of hydrogen-bond acceptors (Lipinski definition) is 2. The van der Waals surface area contributed by atoms with E-state index in [0.717, 1.165) is 29.2 Å². The molecular formula is C28H35N3O2. The number of nitrogens with one attached hydrogen (secondary N) is 1. The van der Waals surface area contributed by atoms with Crippen LogP contribution in [0.15, 0.2) is 60.8 Å². The lowest BCUT2D eigenvalue weighted by molar-refractivity contribution is 0.181. The predicted molar refractivity (Wildman–Crippen MR) is 134 cm³/mol. The van der Waals surface area contributed by atoms with Crippen LogP contribution < -0.4 is 10.1 Å². The predicted octanol–water partition coefficient (Wildman–Crippen LogP) is 6.77. The monoisotopic (exact) mass is 445 g/mol. The number of carbonyl (C=O) groups excluding carboxylic acids is 1. The minimum absolute atomic E-state index is 0.0589. The smallest absolute Gasteiger partial charge is 0.322 e. The fraction of sp³-hybridized carbons (Fsp3) is 0.393. The van der Waals surface area contributed by atoms with Gasteiger partial charge in [-0.3, -0.25) is 0 Å². The van der Waals surface area contributed by atoms with Gasteiger partial charge in [0.25, 0.3) is 0 Å². The first-order chi connectivity index (χ1) is 15.9. The molecule has 1 N–H and O–H groups in total. The molecule has 1 atom stereocenters. The van der Waals surface area contributed by atoms with Crippen molar-refractivity contribution in [1.82, 2.24) is 9.47 Å². The van der Waals surface area contributed by atoms with Gasteiger partial charge in [0.15, 0.2) is 0 Å². The van der Waals surface area contributed by atoms with Crippen LogP contribution in [0.4, 0.5) is 10.5 Å². The van der Waals surface area contributed by atoms with Crippen LogP contribution in [0.3, 0.4) is 0 Å². The van der Waals surface area contributed by atoms with E-state index in [2.05, 4.69) is 86.2 Å². The molecule has 3 aromatic rings. The molecule has 0 radical (unpaired) electrons. The zero-order chi connectivity index (χ0) is 23.5. The van der Waals surface area contributed by atoms with Gasteiger partial charge in [0, 0.05) is 30.7 Å². The van der Waals surface area contributed by atoms with Crippen molar-refractivity contribution in [3.8, 4) is 5.75 Å². The number of anilines is 1. The van der Waals surface area contributed by atoms with E-state index in [1.54, 1.807) is 0 Å². The number of aromatic nitrogens is 1. The number of rotatable bonds is 6. The molecule has 5 heteroatoms. The summed E-state index contributed by atoms with van der Waals surface area (Å²) in [5.41, 5.74) is 5.51. The van der Waals surface area contributed by atoms with Gasteiger partial charge in [-0.25, -0.2) is 4.79 Å². The Morgan fingerprint density at radius 1 is 0.970 bits per heavy atom. The molecule has 0 saturated carbocycles. The van der Waals surface area contributed by atoms with Crippen molar-refractivity contribution in [2.45, 2.75) is 59.0 Å². The Morgan fingerprint density at radius 2 is 1.64 bits per heavy atom. The summed E-state index contributed by atoms with van der Waals surface area (Å²) in [6.07, 6.45) is 2.09. The maximum Gasteiger partial charge on any atom is 0.322 e. The van der Waals surface area contributed by atoms with Gasteiger partial charge in [0.2, 0.25) is 0 Å². The molecule has 33 heavy (non-hydrogen) atoms. The number of urea groups is 1. The summed E-state index contributed by atoms with van der Waals surface area (Å²) in [5, 5.41) is 3.32. The van der Waals surface area contributed by atoms with Gasteiger partial charge >= 0.3 is 6.03 Å². The zero-order valence-corrected chi connectivity index (χ0v) is 20.3. The Labute approximate surface area is 197 Å². The van der Waals surface area contributed by atoms with Gasteiger partial charge in [-0.2, -0.15) is 0 Å². The van der Waals surface area contributed by atoms with Crippen molar-refractivity contribution < 1.29 is 9.53 Å².